The lowest BCUT2D eigenvalue weighted by Gasteiger charge is -2.25. The summed E-state index contributed by atoms with van der Waals surface area (Å²) < 4.78 is 5.78. The Labute approximate surface area is 116 Å². The van der Waals surface area contributed by atoms with Crippen molar-refractivity contribution in [3.8, 4) is 5.75 Å². The van der Waals surface area contributed by atoms with E-state index in [-0.39, 0.29) is 0 Å². The molecule has 19 heavy (non-hydrogen) atoms. The van der Waals surface area contributed by atoms with Gasteiger partial charge in [-0.3, -0.25) is 0 Å². The van der Waals surface area contributed by atoms with Crippen LogP contribution in [0, 0.1) is 0 Å². The fourth-order valence-electron chi connectivity index (χ4n) is 2.66. The Hall–Kier alpha value is -1.06. The van der Waals surface area contributed by atoms with E-state index >= 15 is 0 Å². The highest BCUT2D eigenvalue weighted by atomic mass is 16.5. The molecule has 0 fully saturated rings. The molecule has 1 atom stereocenters. The average molecular weight is 263 g/mol. The Morgan fingerprint density at radius 1 is 1.37 bits per heavy atom. The van der Waals surface area contributed by atoms with E-state index in [4.69, 9.17) is 4.74 Å². The Kier molecular flexibility index (Phi) is 4.48. The topological polar surface area (TPSA) is 41.5 Å². The third-order valence-corrected chi connectivity index (χ3v) is 4.36. The van der Waals surface area contributed by atoms with Gasteiger partial charge >= 0.3 is 0 Å². The summed E-state index contributed by atoms with van der Waals surface area (Å²) in [7, 11) is 2.01. The van der Waals surface area contributed by atoms with E-state index in [1.165, 1.54) is 11.1 Å². The average Bonchev–Trinajstić information content (AvgIpc) is 2.87. The highest BCUT2D eigenvalue weighted by molar-refractivity contribution is 5.40. The van der Waals surface area contributed by atoms with Crippen molar-refractivity contribution >= 4 is 0 Å². The standard InChI is InChI=1S/C16H25NO2/c1-4-16(18,5-2)11-19-13-7-8-14-12(10-13)6-9-15(14)17-3/h7-8,10,15,17-18H,4-6,9,11H2,1-3H3. The molecule has 0 aliphatic heterocycles. The number of fused-ring (bicyclic) bond motifs is 1. The number of aryl methyl sites for hydroxylation is 1. The molecule has 1 aromatic carbocycles. The van der Waals surface area contributed by atoms with E-state index in [0.29, 0.717) is 12.6 Å². The fourth-order valence-corrected chi connectivity index (χ4v) is 2.66. The van der Waals surface area contributed by atoms with Crippen LogP contribution in [-0.4, -0.2) is 24.4 Å². The minimum absolute atomic E-state index is 0.369. The van der Waals surface area contributed by atoms with Gasteiger partial charge in [0.2, 0.25) is 0 Å². The van der Waals surface area contributed by atoms with E-state index in [2.05, 4.69) is 17.4 Å². The van der Waals surface area contributed by atoms with Crippen molar-refractivity contribution in [2.24, 2.45) is 0 Å². The van der Waals surface area contributed by atoms with Crippen LogP contribution in [0.25, 0.3) is 0 Å². The number of ether oxygens (including phenoxy) is 1. The van der Waals surface area contributed by atoms with Crippen LogP contribution < -0.4 is 10.1 Å². The molecule has 0 saturated carbocycles. The molecule has 1 aliphatic carbocycles. The molecule has 2 rings (SSSR count). The molecular weight excluding hydrogens is 238 g/mol. The molecule has 2 N–H and O–H groups in total. The van der Waals surface area contributed by atoms with E-state index in [1.807, 2.05) is 27.0 Å². The van der Waals surface area contributed by atoms with Crippen LogP contribution in [0.3, 0.4) is 0 Å². The molecule has 0 bridgehead atoms. The first-order valence-corrected chi connectivity index (χ1v) is 7.27. The molecule has 106 valence electrons. The first-order chi connectivity index (χ1) is 9.11. The zero-order chi connectivity index (χ0) is 13.9. The van der Waals surface area contributed by atoms with Gasteiger partial charge in [-0.25, -0.2) is 0 Å². The summed E-state index contributed by atoms with van der Waals surface area (Å²) in [5.74, 6) is 0.871. The van der Waals surface area contributed by atoms with Gasteiger partial charge in [0.15, 0.2) is 0 Å². The quantitative estimate of drug-likeness (QED) is 0.829. The maximum Gasteiger partial charge on any atom is 0.119 e. The summed E-state index contributed by atoms with van der Waals surface area (Å²) in [5, 5.41) is 13.6. The van der Waals surface area contributed by atoms with E-state index in [9.17, 15) is 5.11 Å². The van der Waals surface area contributed by atoms with Crippen molar-refractivity contribution in [2.75, 3.05) is 13.7 Å². The van der Waals surface area contributed by atoms with Gasteiger partial charge in [-0.15, -0.1) is 0 Å². The second-order valence-electron chi connectivity index (χ2n) is 5.46. The van der Waals surface area contributed by atoms with Crippen molar-refractivity contribution in [1.82, 2.24) is 5.32 Å². The number of hydrogen-bond donors (Lipinski definition) is 2. The molecular formula is C16H25NO2. The molecule has 0 amide bonds. The largest absolute Gasteiger partial charge is 0.491 e. The van der Waals surface area contributed by atoms with Crippen LogP contribution >= 0.6 is 0 Å². The molecule has 0 heterocycles. The smallest absolute Gasteiger partial charge is 0.119 e. The van der Waals surface area contributed by atoms with Gasteiger partial charge < -0.3 is 15.2 Å². The zero-order valence-electron chi connectivity index (χ0n) is 12.2. The maximum absolute atomic E-state index is 10.2. The molecule has 3 heteroatoms. The third-order valence-electron chi connectivity index (χ3n) is 4.36. The molecule has 1 aromatic rings. The number of aliphatic hydroxyl groups is 1. The normalized spacial score (nSPS) is 18.4. The molecule has 0 saturated heterocycles. The maximum atomic E-state index is 10.2. The molecule has 0 aromatic heterocycles. The molecule has 1 aliphatic rings. The highest BCUT2D eigenvalue weighted by Gasteiger charge is 2.24. The van der Waals surface area contributed by atoms with Crippen molar-refractivity contribution < 1.29 is 9.84 Å². The lowest BCUT2D eigenvalue weighted by atomic mass is 9.99. The van der Waals surface area contributed by atoms with Crippen molar-refractivity contribution in [2.45, 2.75) is 51.2 Å². The van der Waals surface area contributed by atoms with E-state index < -0.39 is 5.60 Å². The van der Waals surface area contributed by atoms with Crippen molar-refractivity contribution in [1.29, 1.82) is 0 Å². The summed E-state index contributed by atoms with van der Waals surface area (Å²) in [4.78, 5) is 0. The molecule has 3 nitrogen and oxygen atoms in total. The predicted molar refractivity (Wildman–Crippen MR) is 77.6 cm³/mol. The zero-order valence-corrected chi connectivity index (χ0v) is 12.2. The minimum atomic E-state index is -0.702. The first kappa shape index (κ1) is 14.4. The van der Waals surface area contributed by atoms with Crippen LogP contribution in [0.1, 0.15) is 50.3 Å². The Morgan fingerprint density at radius 3 is 2.74 bits per heavy atom. The van der Waals surface area contributed by atoms with Gasteiger partial charge in [0.25, 0.3) is 0 Å². The number of benzene rings is 1. The summed E-state index contributed by atoms with van der Waals surface area (Å²) >= 11 is 0. The van der Waals surface area contributed by atoms with Gasteiger partial charge in [-0.05, 0) is 56.0 Å². The third kappa shape index (κ3) is 3.10. The summed E-state index contributed by atoms with van der Waals surface area (Å²) in [6.07, 6.45) is 3.69. The second-order valence-corrected chi connectivity index (χ2v) is 5.46. The number of nitrogens with one attached hydrogen (secondary N) is 1. The Balaban J connectivity index is 2.04. The Bertz CT molecular complexity index is 427. The van der Waals surface area contributed by atoms with Crippen LogP contribution in [0.5, 0.6) is 5.75 Å². The highest BCUT2D eigenvalue weighted by Crippen LogP contribution is 2.33. The van der Waals surface area contributed by atoms with Gasteiger partial charge in [-0.1, -0.05) is 19.9 Å². The summed E-state index contributed by atoms with van der Waals surface area (Å²) in [6, 6.07) is 6.77. The SMILES string of the molecule is CCC(O)(CC)COc1ccc2c(c1)CCC2NC. The second kappa shape index (κ2) is 5.93. The van der Waals surface area contributed by atoms with Crippen LogP contribution in [0.15, 0.2) is 18.2 Å². The number of rotatable bonds is 6. The molecule has 0 radical (unpaired) electrons. The van der Waals surface area contributed by atoms with Gasteiger partial charge in [0, 0.05) is 6.04 Å². The van der Waals surface area contributed by atoms with Crippen molar-refractivity contribution in [3.63, 3.8) is 0 Å². The summed E-state index contributed by atoms with van der Waals surface area (Å²) in [5.41, 5.74) is 2.05. The Morgan fingerprint density at radius 2 is 2.11 bits per heavy atom. The van der Waals surface area contributed by atoms with E-state index in [1.54, 1.807) is 0 Å². The monoisotopic (exact) mass is 263 g/mol. The van der Waals surface area contributed by atoms with Gasteiger partial charge in [0.05, 0.1) is 5.60 Å². The summed E-state index contributed by atoms with van der Waals surface area (Å²) in [6.45, 7) is 4.36. The van der Waals surface area contributed by atoms with Crippen LogP contribution in [0.2, 0.25) is 0 Å². The predicted octanol–water partition coefficient (Wildman–Crippen LogP) is 2.82. The lowest BCUT2D eigenvalue weighted by molar-refractivity contribution is -0.0113. The van der Waals surface area contributed by atoms with Crippen LogP contribution in [0.4, 0.5) is 0 Å². The van der Waals surface area contributed by atoms with Crippen LogP contribution in [-0.2, 0) is 6.42 Å². The van der Waals surface area contributed by atoms with Gasteiger partial charge in [0.1, 0.15) is 12.4 Å². The first-order valence-electron chi connectivity index (χ1n) is 7.27. The minimum Gasteiger partial charge on any atom is -0.491 e. The molecule has 1 unspecified atom stereocenters. The van der Waals surface area contributed by atoms with Crippen molar-refractivity contribution in [3.05, 3.63) is 29.3 Å². The number of hydrogen-bond acceptors (Lipinski definition) is 3. The fraction of sp³-hybridized carbons (Fsp3) is 0.625. The van der Waals surface area contributed by atoms with Gasteiger partial charge in [-0.2, -0.15) is 0 Å². The van der Waals surface area contributed by atoms with E-state index in [0.717, 1.165) is 31.4 Å². The lowest BCUT2D eigenvalue weighted by Crippen LogP contribution is -2.34. The molecule has 0 spiro atoms.